The fraction of sp³-hybridized carbons (Fsp3) is 0.167. The van der Waals surface area contributed by atoms with Crippen molar-refractivity contribution in [3.63, 3.8) is 0 Å². The Morgan fingerprint density at radius 3 is 2.28 bits per heavy atom. The van der Waals surface area contributed by atoms with Crippen molar-refractivity contribution in [1.82, 2.24) is 9.97 Å². The molecule has 0 spiro atoms. The van der Waals surface area contributed by atoms with Gasteiger partial charge in [0.15, 0.2) is 0 Å². The molecule has 0 saturated carbocycles. The van der Waals surface area contributed by atoms with Crippen LogP contribution in [-0.2, 0) is 0 Å². The van der Waals surface area contributed by atoms with Crippen LogP contribution in [0.3, 0.4) is 0 Å². The Labute approximate surface area is 122 Å². The van der Waals surface area contributed by atoms with E-state index in [0.717, 1.165) is 31.8 Å². The Morgan fingerprint density at radius 1 is 1.06 bits per heavy atom. The minimum Gasteiger partial charge on any atom is -0.373 e. The van der Waals surface area contributed by atoms with Gasteiger partial charge < -0.3 is 10.6 Å². The quantitative estimate of drug-likeness (QED) is 0.852. The highest BCUT2D eigenvalue weighted by Gasteiger charge is 2.09. The lowest BCUT2D eigenvalue weighted by atomic mass is 10.2. The van der Waals surface area contributed by atoms with Crippen molar-refractivity contribution in [2.24, 2.45) is 0 Å². The van der Waals surface area contributed by atoms with Gasteiger partial charge in [-0.3, -0.25) is 0 Å². The van der Waals surface area contributed by atoms with Crippen LogP contribution in [0.5, 0.6) is 0 Å². The van der Waals surface area contributed by atoms with E-state index in [2.05, 4.69) is 52.5 Å². The van der Waals surface area contributed by atoms with Gasteiger partial charge in [0.05, 0.1) is 5.69 Å². The Kier molecular flexibility index (Phi) is 4.19. The summed E-state index contributed by atoms with van der Waals surface area (Å²) in [5.41, 5.74) is 1.92. The average molecular weight is 372 g/mol. The Balaban J connectivity index is 2.40. The normalized spacial score (nSPS) is 10.2. The molecule has 18 heavy (non-hydrogen) atoms. The first-order valence-corrected chi connectivity index (χ1v) is 6.92. The molecular weight excluding hydrogens is 360 g/mol. The highest BCUT2D eigenvalue weighted by molar-refractivity contribution is 9.11. The summed E-state index contributed by atoms with van der Waals surface area (Å²) in [6.07, 6.45) is 1.53. The van der Waals surface area contributed by atoms with Gasteiger partial charge in [-0.15, -0.1) is 0 Å². The van der Waals surface area contributed by atoms with E-state index in [9.17, 15) is 0 Å². The molecule has 0 atom stereocenters. The molecule has 0 fully saturated rings. The third kappa shape index (κ3) is 2.64. The molecule has 0 bridgehead atoms. The van der Waals surface area contributed by atoms with Crippen molar-refractivity contribution in [3.8, 4) is 0 Å². The zero-order valence-corrected chi connectivity index (χ0v) is 13.1. The Hall–Kier alpha value is -1.14. The monoisotopic (exact) mass is 370 g/mol. The van der Waals surface area contributed by atoms with Gasteiger partial charge in [-0.1, -0.05) is 6.07 Å². The third-order valence-electron chi connectivity index (χ3n) is 2.53. The molecule has 0 saturated heterocycles. The van der Waals surface area contributed by atoms with Gasteiger partial charge in [0.25, 0.3) is 0 Å². The molecule has 0 radical (unpaired) electrons. The second kappa shape index (κ2) is 5.67. The summed E-state index contributed by atoms with van der Waals surface area (Å²) in [6.45, 7) is 1.97. The van der Waals surface area contributed by atoms with Crippen molar-refractivity contribution in [2.75, 3.05) is 17.7 Å². The molecular formula is C12H12Br2N4. The van der Waals surface area contributed by atoms with E-state index in [4.69, 9.17) is 0 Å². The lowest BCUT2D eigenvalue weighted by Crippen LogP contribution is -2.03. The van der Waals surface area contributed by atoms with E-state index in [-0.39, 0.29) is 0 Å². The number of anilines is 3. The average Bonchev–Trinajstić information content (AvgIpc) is 2.36. The van der Waals surface area contributed by atoms with Crippen LogP contribution >= 0.6 is 31.9 Å². The summed E-state index contributed by atoms with van der Waals surface area (Å²) in [4.78, 5) is 8.42. The van der Waals surface area contributed by atoms with Gasteiger partial charge in [-0.2, -0.15) is 0 Å². The van der Waals surface area contributed by atoms with Crippen molar-refractivity contribution < 1.29 is 0 Å². The molecule has 2 rings (SSSR count). The molecule has 6 heteroatoms. The molecule has 0 aliphatic rings. The van der Waals surface area contributed by atoms with Crippen LogP contribution in [-0.4, -0.2) is 17.0 Å². The summed E-state index contributed by atoms with van der Waals surface area (Å²) in [7, 11) is 1.84. The number of nitrogens with zero attached hydrogens (tertiary/aromatic N) is 2. The number of hydrogen-bond acceptors (Lipinski definition) is 4. The summed E-state index contributed by atoms with van der Waals surface area (Å²) < 4.78 is 1.95. The standard InChI is InChI=1S/C12H12Br2N4/c1-7-11(15-2)16-6-17-12(7)18-10-8(13)4-3-5-9(10)14/h3-6H,1-2H3,(H2,15,16,17,18). The molecule has 0 unspecified atom stereocenters. The summed E-state index contributed by atoms with van der Waals surface area (Å²) >= 11 is 7.03. The number of nitrogens with one attached hydrogen (secondary N) is 2. The highest BCUT2D eigenvalue weighted by Crippen LogP contribution is 2.33. The molecule has 0 aliphatic heterocycles. The van der Waals surface area contributed by atoms with Crippen LogP contribution in [0.2, 0.25) is 0 Å². The second-order valence-electron chi connectivity index (χ2n) is 3.67. The van der Waals surface area contributed by atoms with E-state index >= 15 is 0 Å². The van der Waals surface area contributed by atoms with Gasteiger partial charge in [0.2, 0.25) is 0 Å². The lowest BCUT2D eigenvalue weighted by Gasteiger charge is -2.13. The van der Waals surface area contributed by atoms with Crippen LogP contribution in [0, 0.1) is 6.92 Å². The van der Waals surface area contributed by atoms with Crippen LogP contribution in [0.25, 0.3) is 0 Å². The van der Waals surface area contributed by atoms with Crippen LogP contribution in [0.4, 0.5) is 17.3 Å². The predicted octanol–water partition coefficient (Wildman–Crippen LogP) is 4.10. The number of aromatic nitrogens is 2. The maximum absolute atomic E-state index is 4.26. The van der Waals surface area contributed by atoms with Gasteiger partial charge in [-0.25, -0.2) is 9.97 Å². The van der Waals surface area contributed by atoms with Crippen LogP contribution in [0.15, 0.2) is 33.5 Å². The van der Waals surface area contributed by atoms with Gasteiger partial charge in [0.1, 0.15) is 18.0 Å². The second-order valence-corrected chi connectivity index (χ2v) is 5.38. The van der Waals surface area contributed by atoms with Crippen molar-refractivity contribution >= 4 is 49.2 Å². The van der Waals surface area contributed by atoms with Crippen molar-refractivity contribution in [3.05, 3.63) is 39.0 Å². The smallest absolute Gasteiger partial charge is 0.138 e. The van der Waals surface area contributed by atoms with Gasteiger partial charge in [-0.05, 0) is 50.9 Å². The summed E-state index contributed by atoms with van der Waals surface area (Å²) in [5.74, 6) is 1.60. The lowest BCUT2D eigenvalue weighted by molar-refractivity contribution is 1.12. The fourth-order valence-electron chi connectivity index (χ4n) is 1.56. The van der Waals surface area contributed by atoms with Gasteiger partial charge in [0, 0.05) is 21.6 Å². The topological polar surface area (TPSA) is 49.8 Å². The van der Waals surface area contributed by atoms with E-state index in [1.165, 1.54) is 6.33 Å². The molecule has 4 nitrogen and oxygen atoms in total. The summed E-state index contributed by atoms with van der Waals surface area (Å²) in [6, 6.07) is 5.91. The Bertz CT molecular complexity index is 552. The largest absolute Gasteiger partial charge is 0.373 e. The fourth-order valence-corrected chi connectivity index (χ4v) is 2.76. The van der Waals surface area contributed by atoms with E-state index in [1.807, 2.05) is 32.2 Å². The summed E-state index contributed by atoms with van der Waals surface area (Å²) in [5, 5.41) is 6.33. The highest BCUT2D eigenvalue weighted by atomic mass is 79.9. The maximum Gasteiger partial charge on any atom is 0.138 e. The zero-order chi connectivity index (χ0) is 13.1. The first kappa shape index (κ1) is 13.3. The SMILES string of the molecule is CNc1ncnc(Nc2c(Br)cccc2Br)c1C. The minimum atomic E-state index is 0.780. The van der Waals surface area contributed by atoms with Crippen LogP contribution in [0.1, 0.15) is 5.56 Å². The molecule has 2 N–H and O–H groups in total. The number of para-hydroxylation sites is 1. The van der Waals surface area contributed by atoms with Gasteiger partial charge >= 0.3 is 0 Å². The third-order valence-corrected chi connectivity index (χ3v) is 3.85. The number of halogens is 2. The van der Waals surface area contributed by atoms with E-state index in [1.54, 1.807) is 0 Å². The number of benzene rings is 1. The van der Waals surface area contributed by atoms with Crippen molar-refractivity contribution in [2.45, 2.75) is 6.92 Å². The predicted molar refractivity (Wildman–Crippen MR) is 81.4 cm³/mol. The zero-order valence-electron chi connectivity index (χ0n) is 9.96. The molecule has 0 amide bonds. The first-order chi connectivity index (χ1) is 8.63. The molecule has 1 aromatic carbocycles. The molecule has 1 aromatic heterocycles. The van der Waals surface area contributed by atoms with E-state index in [0.29, 0.717) is 0 Å². The molecule has 1 heterocycles. The minimum absolute atomic E-state index is 0.780. The first-order valence-electron chi connectivity index (χ1n) is 5.34. The molecule has 2 aromatic rings. The molecule has 94 valence electrons. The molecule has 0 aliphatic carbocycles. The van der Waals surface area contributed by atoms with Crippen LogP contribution < -0.4 is 10.6 Å². The maximum atomic E-state index is 4.26. The number of rotatable bonds is 3. The Morgan fingerprint density at radius 2 is 1.67 bits per heavy atom. The number of hydrogen-bond donors (Lipinski definition) is 2. The van der Waals surface area contributed by atoms with E-state index < -0.39 is 0 Å². The van der Waals surface area contributed by atoms with Crippen molar-refractivity contribution in [1.29, 1.82) is 0 Å².